The second-order valence-electron chi connectivity index (χ2n) is 6.27. The zero-order chi connectivity index (χ0) is 20.1. The summed E-state index contributed by atoms with van der Waals surface area (Å²) in [6.45, 7) is 3.55. The molecular weight excluding hydrogens is 386 g/mol. The van der Waals surface area contributed by atoms with Gasteiger partial charge in [0.25, 0.3) is 0 Å². The molecule has 0 fully saturated rings. The largest absolute Gasteiger partial charge is 0.468 e. The molecule has 2 aromatic carbocycles. The highest BCUT2D eigenvalue weighted by molar-refractivity contribution is 8.00. The highest BCUT2D eigenvalue weighted by Crippen LogP contribution is 2.28. The molecule has 0 bridgehead atoms. The molecule has 1 atom stereocenters. The molecule has 0 radical (unpaired) electrons. The zero-order valence-electron chi connectivity index (χ0n) is 15.6. The minimum absolute atomic E-state index is 0.0358. The lowest BCUT2D eigenvalue weighted by Crippen LogP contribution is -2.52. The molecule has 6 nitrogen and oxygen atoms in total. The second kappa shape index (κ2) is 8.77. The molecule has 0 aromatic heterocycles. The Morgan fingerprint density at radius 3 is 2.11 bits per heavy atom. The van der Waals surface area contributed by atoms with Crippen LogP contribution >= 0.6 is 11.8 Å². The number of carbonyl (C=O) groups excluding carboxylic acids is 1. The van der Waals surface area contributed by atoms with Gasteiger partial charge in [-0.05, 0) is 56.5 Å². The average molecular weight is 410 g/mol. The smallest absolute Gasteiger partial charge is 0.325 e. The molecule has 2 rings (SSSR count). The average Bonchev–Trinajstić information content (AvgIpc) is 2.66. The number of ether oxygens (including phenoxy) is 2. The quantitative estimate of drug-likeness (QED) is 0.673. The van der Waals surface area contributed by atoms with Crippen LogP contribution in [0.15, 0.2) is 59.5 Å². The summed E-state index contributed by atoms with van der Waals surface area (Å²) in [5, 5.41) is 0. The first-order valence-electron chi connectivity index (χ1n) is 8.18. The minimum atomic E-state index is -3.92. The molecule has 0 aliphatic carbocycles. The summed E-state index contributed by atoms with van der Waals surface area (Å²) in [5.41, 5.74) is 0. The van der Waals surface area contributed by atoms with Crippen molar-refractivity contribution in [3.05, 3.63) is 54.6 Å². The van der Waals surface area contributed by atoms with Gasteiger partial charge in [-0.2, -0.15) is 16.5 Å². The van der Waals surface area contributed by atoms with Crippen molar-refractivity contribution in [2.24, 2.45) is 0 Å². The van der Waals surface area contributed by atoms with Gasteiger partial charge in [0, 0.05) is 4.75 Å². The number of nitrogens with one attached hydrogen (secondary N) is 1. The van der Waals surface area contributed by atoms with E-state index < -0.39 is 26.8 Å². The summed E-state index contributed by atoms with van der Waals surface area (Å²) >= 11 is 1.37. The van der Waals surface area contributed by atoms with Crippen molar-refractivity contribution in [2.75, 3.05) is 13.4 Å². The van der Waals surface area contributed by atoms with Gasteiger partial charge < -0.3 is 9.47 Å². The van der Waals surface area contributed by atoms with E-state index in [1.165, 1.54) is 31.0 Å². The number of sulfonamides is 1. The van der Waals surface area contributed by atoms with Gasteiger partial charge in [0.05, 0.1) is 12.0 Å². The van der Waals surface area contributed by atoms with Gasteiger partial charge in [0.1, 0.15) is 17.5 Å². The number of thioether (sulfide) groups is 1. The number of para-hydroxylation sites is 1. The highest BCUT2D eigenvalue weighted by atomic mass is 32.2. The number of methoxy groups -OCH3 is 1. The van der Waals surface area contributed by atoms with Crippen LogP contribution in [0.4, 0.5) is 0 Å². The summed E-state index contributed by atoms with van der Waals surface area (Å²) in [4.78, 5) is 12.1. The van der Waals surface area contributed by atoms with Crippen molar-refractivity contribution in [2.45, 2.75) is 29.5 Å². The maximum absolute atomic E-state index is 12.7. The van der Waals surface area contributed by atoms with E-state index in [9.17, 15) is 13.2 Å². The summed E-state index contributed by atoms with van der Waals surface area (Å²) < 4.78 is 37.7. The third-order valence-electron chi connectivity index (χ3n) is 4.04. The molecule has 0 aliphatic heterocycles. The molecule has 1 N–H and O–H groups in total. The van der Waals surface area contributed by atoms with Crippen LogP contribution < -0.4 is 9.46 Å². The van der Waals surface area contributed by atoms with Crippen molar-refractivity contribution < 1.29 is 22.7 Å². The summed E-state index contributed by atoms with van der Waals surface area (Å²) in [6, 6.07) is 14.1. The minimum Gasteiger partial charge on any atom is -0.468 e. The monoisotopic (exact) mass is 409 g/mol. The number of esters is 1. The number of carbonyl (C=O) groups is 1. The van der Waals surface area contributed by atoms with E-state index in [0.29, 0.717) is 11.5 Å². The Morgan fingerprint density at radius 1 is 1.04 bits per heavy atom. The molecule has 0 aliphatic rings. The van der Waals surface area contributed by atoms with Crippen LogP contribution in [0.5, 0.6) is 11.5 Å². The van der Waals surface area contributed by atoms with Gasteiger partial charge in [-0.1, -0.05) is 18.2 Å². The van der Waals surface area contributed by atoms with Crippen LogP contribution in [-0.4, -0.2) is 38.5 Å². The van der Waals surface area contributed by atoms with Gasteiger partial charge >= 0.3 is 5.97 Å². The highest BCUT2D eigenvalue weighted by Gasteiger charge is 2.39. The molecule has 0 heterocycles. The fraction of sp³-hybridized carbons (Fsp3) is 0.316. The third-order valence-corrected chi connectivity index (χ3v) is 6.77. The van der Waals surface area contributed by atoms with Crippen molar-refractivity contribution in [3.8, 4) is 11.5 Å². The Morgan fingerprint density at radius 2 is 1.59 bits per heavy atom. The Hall–Kier alpha value is -2.03. The number of hydrogen-bond donors (Lipinski definition) is 1. The molecule has 0 saturated carbocycles. The molecule has 27 heavy (non-hydrogen) atoms. The Bertz CT molecular complexity index is 865. The first kappa shape index (κ1) is 21.3. The van der Waals surface area contributed by atoms with Gasteiger partial charge in [-0.25, -0.2) is 8.42 Å². The van der Waals surface area contributed by atoms with E-state index >= 15 is 0 Å². The Labute approximate surface area is 164 Å². The lowest BCUT2D eigenvalue weighted by Gasteiger charge is -2.30. The van der Waals surface area contributed by atoms with E-state index in [1.54, 1.807) is 44.4 Å². The molecule has 0 spiro atoms. The lowest BCUT2D eigenvalue weighted by atomic mass is 10.1. The predicted molar refractivity (Wildman–Crippen MR) is 107 cm³/mol. The van der Waals surface area contributed by atoms with Crippen LogP contribution in [0.2, 0.25) is 0 Å². The van der Waals surface area contributed by atoms with Crippen LogP contribution in [-0.2, 0) is 19.6 Å². The zero-order valence-corrected chi connectivity index (χ0v) is 17.3. The Balaban J connectivity index is 2.21. The van der Waals surface area contributed by atoms with Crippen LogP contribution in [0.3, 0.4) is 0 Å². The van der Waals surface area contributed by atoms with Gasteiger partial charge in [0.15, 0.2) is 0 Å². The topological polar surface area (TPSA) is 81.7 Å². The normalized spacial score (nSPS) is 13.0. The van der Waals surface area contributed by atoms with E-state index in [2.05, 4.69) is 4.72 Å². The number of benzene rings is 2. The van der Waals surface area contributed by atoms with Crippen LogP contribution in [0.25, 0.3) is 0 Å². The van der Waals surface area contributed by atoms with Crippen LogP contribution in [0, 0.1) is 0 Å². The number of hydrogen-bond acceptors (Lipinski definition) is 6. The molecule has 0 amide bonds. The van der Waals surface area contributed by atoms with Crippen molar-refractivity contribution in [3.63, 3.8) is 0 Å². The standard InChI is InChI=1S/C19H23NO5S2/c1-19(2,26-4)17(18(21)24-3)20-27(22,23)16-12-10-15(11-13-16)25-14-8-6-5-7-9-14/h5-13,17,20H,1-4H3/t17-/m0/s1. The van der Waals surface area contributed by atoms with Crippen molar-refractivity contribution >= 4 is 27.8 Å². The van der Waals surface area contributed by atoms with E-state index in [4.69, 9.17) is 9.47 Å². The van der Waals surface area contributed by atoms with Crippen molar-refractivity contribution in [1.82, 2.24) is 4.72 Å². The van der Waals surface area contributed by atoms with Crippen molar-refractivity contribution in [1.29, 1.82) is 0 Å². The lowest BCUT2D eigenvalue weighted by molar-refractivity contribution is -0.143. The summed E-state index contributed by atoms with van der Waals surface area (Å²) in [6.07, 6.45) is 1.81. The first-order chi connectivity index (χ1) is 12.7. The van der Waals surface area contributed by atoms with Gasteiger partial charge in [-0.15, -0.1) is 0 Å². The fourth-order valence-electron chi connectivity index (χ4n) is 2.24. The van der Waals surface area contributed by atoms with Gasteiger partial charge in [0.2, 0.25) is 10.0 Å². The Kier molecular flexibility index (Phi) is 6.91. The van der Waals surface area contributed by atoms with E-state index in [-0.39, 0.29) is 4.90 Å². The van der Waals surface area contributed by atoms with E-state index in [0.717, 1.165) is 0 Å². The molecular formula is C19H23NO5S2. The summed E-state index contributed by atoms with van der Waals surface area (Å²) in [5.74, 6) is 0.523. The second-order valence-corrected chi connectivity index (χ2v) is 9.45. The SMILES string of the molecule is COC(=O)[C@H](NS(=O)(=O)c1ccc(Oc2ccccc2)cc1)C(C)(C)SC. The molecule has 0 unspecified atom stereocenters. The molecule has 8 heteroatoms. The molecule has 0 saturated heterocycles. The van der Waals surface area contributed by atoms with Gasteiger partial charge in [-0.3, -0.25) is 4.79 Å². The fourth-order valence-corrected chi connectivity index (χ4v) is 4.04. The molecule has 2 aromatic rings. The third kappa shape index (κ3) is 5.47. The van der Waals surface area contributed by atoms with E-state index in [1.807, 2.05) is 18.2 Å². The maximum Gasteiger partial charge on any atom is 0.325 e. The van der Waals surface area contributed by atoms with Crippen LogP contribution in [0.1, 0.15) is 13.8 Å². The predicted octanol–water partition coefficient (Wildman–Crippen LogP) is 3.44. The molecule has 146 valence electrons. The first-order valence-corrected chi connectivity index (χ1v) is 10.9. The maximum atomic E-state index is 12.7. The number of rotatable bonds is 8. The summed E-state index contributed by atoms with van der Waals surface area (Å²) in [7, 11) is -2.69.